The van der Waals surface area contributed by atoms with E-state index in [1.807, 2.05) is 6.07 Å². The van der Waals surface area contributed by atoms with Gasteiger partial charge in [0.15, 0.2) is 0 Å². The van der Waals surface area contributed by atoms with Gasteiger partial charge < -0.3 is 10.8 Å². The average molecular weight is 315 g/mol. The fourth-order valence-corrected chi connectivity index (χ4v) is 3.24. The van der Waals surface area contributed by atoms with Crippen LogP contribution in [0.4, 0.5) is 5.95 Å². The molecule has 0 unspecified atom stereocenters. The molecule has 2 heterocycles. The van der Waals surface area contributed by atoms with E-state index in [1.165, 1.54) is 11.3 Å². The normalized spacial score (nSPS) is 10.9. The van der Waals surface area contributed by atoms with Crippen molar-refractivity contribution in [3.63, 3.8) is 0 Å². The quantitative estimate of drug-likeness (QED) is 0.682. The summed E-state index contributed by atoms with van der Waals surface area (Å²) in [6.07, 6.45) is 1.52. The number of aryl methyl sites for hydroxylation is 2. The summed E-state index contributed by atoms with van der Waals surface area (Å²) in [6, 6.07) is 8.63. The summed E-state index contributed by atoms with van der Waals surface area (Å²) in [4.78, 5) is 30.8. The number of thiophene rings is 1. The smallest absolute Gasteiger partial charge is 0.335 e. The minimum Gasteiger partial charge on any atom is -0.478 e. The van der Waals surface area contributed by atoms with E-state index in [0.717, 1.165) is 23.3 Å². The molecular weight excluding hydrogens is 302 g/mol. The van der Waals surface area contributed by atoms with Crippen molar-refractivity contribution in [1.29, 1.82) is 0 Å². The number of nitrogen functional groups attached to an aromatic ring is 1. The molecule has 4 N–H and O–H groups in total. The molecule has 0 saturated heterocycles. The van der Waals surface area contributed by atoms with Crippen LogP contribution in [-0.2, 0) is 12.8 Å². The highest BCUT2D eigenvalue weighted by Gasteiger charge is 2.08. The Kier molecular flexibility index (Phi) is 3.64. The molecule has 0 bridgehead atoms. The minimum atomic E-state index is -0.932. The van der Waals surface area contributed by atoms with Gasteiger partial charge in [-0.3, -0.25) is 9.78 Å². The Hall–Kier alpha value is -2.67. The van der Waals surface area contributed by atoms with Crippen LogP contribution in [0.5, 0.6) is 0 Å². The zero-order valence-corrected chi connectivity index (χ0v) is 12.3. The molecule has 2 aromatic heterocycles. The van der Waals surface area contributed by atoms with Crippen molar-refractivity contribution in [2.24, 2.45) is 0 Å². The lowest BCUT2D eigenvalue weighted by molar-refractivity contribution is 0.0697. The first-order valence-corrected chi connectivity index (χ1v) is 7.45. The molecule has 0 aliphatic rings. The Morgan fingerprint density at radius 2 is 2.00 bits per heavy atom. The van der Waals surface area contributed by atoms with Crippen LogP contribution in [0.2, 0.25) is 0 Å². The Bertz CT molecular complexity index is 897. The van der Waals surface area contributed by atoms with E-state index < -0.39 is 5.97 Å². The predicted molar refractivity (Wildman–Crippen MR) is 85.5 cm³/mol. The van der Waals surface area contributed by atoms with Crippen molar-refractivity contribution in [3.05, 3.63) is 56.7 Å². The summed E-state index contributed by atoms with van der Waals surface area (Å²) in [5, 5.41) is 9.42. The molecule has 0 atom stereocenters. The van der Waals surface area contributed by atoms with Crippen LogP contribution in [0.15, 0.2) is 35.1 Å². The molecule has 0 spiro atoms. The summed E-state index contributed by atoms with van der Waals surface area (Å²) in [5.41, 5.74) is 6.62. The SMILES string of the molecule is Nc1nc2sc(CCc3ccc(C(=O)O)cc3)cc2c(=O)[nH]1. The van der Waals surface area contributed by atoms with E-state index >= 15 is 0 Å². The van der Waals surface area contributed by atoms with Crippen molar-refractivity contribution in [2.75, 3.05) is 5.73 Å². The molecule has 112 valence electrons. The number of carboxylic acids is 1. The third-order valence-electron chi connectivity index (χ3n) is 3.33. The number of nitrogens with two attached hydrogens (primary N) is 1. The number of benzene rings is 1. The average Bonchev–Trinajstić information content (AvgIpc) is 2.89. The van der Waals surface area contributed by atoms with E-state index in [4.69, 9.17) is 10.8 Å². The largest absolute Gasteiger partial charge is 0.478 e. The van der Waals surface area contributed by atoms with Gasteiger partial charge in [-0.05, 0) is 36.6 Å². The lowest BCUT2D eigenvalue weighted by Gasteiger charge is -2.00. The minimum absolute atomic E-state index is 0.121. The lowest BCUT2D eigenvalue weighted by Crippen LogP contribution is -2.09. The first-order valence-electron chi connectivity index (χ1n) is 6.63. The maximum Gasteiger partial charge on any atom is 0.335 e. The van der Waals surface area contributed by atoms with E-state index in [0.29, 0.717) is 10.2 Å². The van der Waals surface area contributed by atoms with Crippen molar-refractivity contribution in [1.82, 2.24) is 9.97 Å². The van der Waals surface area contributed by atoms with Crippen LogP contribution in [0.25, 0.3) is 10.2 Å². The highest BCUT2D eigenvalue weighted by molar-refractivity contribution is 7.18. The monoisotopic (exact) mass is 315 g/mol. The van der Waals surface area contributed by atoms with Gasteiger partial charge in [0.05, 0.1) is 10.9 Å². The third kappa shape index (κ3) is 2.84. The number of hydrogen-bond donors (Lipinski definition) is 3. The highest BCUT2D eigenvalue weighted by Crippen LogP contribution is 2.23. The molecule has 6 nitrogen and oxygen atoms in total. The molecular formula is C15H13N3O3S. The summed E-state index contributed by atoms with van der Waals surface area (Å²) in [6.45, 7) is 0. The molecule has 1 aromatic carbocycles. The van der Waals surface area contributed by atoms with Gasteiger partial charge in [0, 0.05) is 4.88 Å². The fourth-order valence-electron chi connectivity index (χ4n) is 2.20. The second kappa shape index (κ2) is 5.61. The zero-order valence-electron chi connectivity index (χ0n) is 11.5. The van der Waals surface area contributed by atoms with E-state index in [2.05, 4.69) is 9.97 Å². The van der Waals surface area contributed by atoms with Crippen LogP contribution >= 0.6 is 11.3 Å². The predicted octanol–water partition coefficient (Wildman–Crippen LogP) is 2.05. The Morgan fingerprint density at radius 3 is 2.68 bits per heavy atom. The second-order valence-corrected chi connectivity index (χ2v) is 6.00. The van der Waals surface area contributed by atoms with Gasteiger partial charge in [-0.25, -0.2) is 9.78 Å². The van der Waals surface area contributed by atoms with Crippen molar-refractivity contribution >= 4 is 33.5 Å². The molecule has 3 aromatic rings. The first kappa shape index (κ1) is 14.3. The Labute approximate surface area is 129 Å². The van der Waals surface area contributed by atoms with Gasteiger partial charge >= 0.3 is 5.97 Å². The van der Waals surface area contributed by atoms with Crippen LogP contribution in [0.1, 0.15) is 20.8 Å². The lowest BCUT2D eigenvalue weighted by atomic mass is 10.1. The van der Waals surface area contributed by atoms with Gasteiger partial charge in [-0.1, -0.05) is 12.1 Å². The number of hydrogen-bond acceptors (Lipinski definition) is 5. The Balaban J connectivity index is 1.77. The van der Waals surface area contributed by atoms with Crippen LogP contribution in [-0.4, -0.2) is 21.0 Å². The first-order chi connectivity index (χ1) is 10.5. The third-order valence-corrected chi connectivity index (χ3v) is 4.42. The van der Waals surface area contributed by atoms with E-state index in [9.17, 15) is 9.59 Å². The summed E-state index contributed by atoms with van der Waals surface area (Å²) in [7, 11) is 0. The van der Waals surface area contributed by atoms with Gasteiger partial charge in [0.2, 0.25) is 5.95 Å². The number of H-pyrrole nitrogens is 1. The van der Waals surface area contributed by atoms with Gasteiger partial charge in [0.1, 0.15) is 4.83 Å². The van der Waals surface area contributed by atoms with Gasteiger partial charge in [-0.15, -0.1) is 11.3 Å². The molecule has 0 amide bonds. The molecule has 0 aliphatic heterocycles. The molecule has 0 saturated carbocycles. The molecule has 7 heteroatoms. The van der Waals surface area contributed by atoms with E-state index in [-0.39, 0.29) is 17.1 Å². The number of carboxylic acid groups (broad SMARTS) is 1. The maximum atomic E-state index is 11.8. The number of aromatic amines is 1. The number of anilines is 1. The van der Waals surface area contributed by atoms with Crippen LogP contribution < -0.4 is 11.3 Å². The molecule has 0 radical (unpaired) electrons. The number of nitrogens with one attached hydrogen (secondary N) is 1. The fraction of sp³-hybridized carbons (Fsp3) is 0.133. The molecule has 22 heavy (non-hydrogen) atoms. The number of carbonyl (C=O) groups is 1. The number of nitrogens with zero attached hydrogens (tertiary/aromatic N) is 1. The Morgan fingerprint density at radius 1 is 1.27 bits per heavy atom. The van der Waals surface area contributed by atoms with Crippen molar-refractivity contribution in [2.45, 2.75) is 12.8 Å². The highest BCUT2D eigenvalue weighted by atomic mass is 32.1. The van der Waals surface area contributed by atoms with Crippen LogP contribution in [0.3, 0.4) is 0 Å². The number of rotatable bonds is 4. The number of aromatic carboxylic acids is 1. The molecule has 0 aliphatic carbocycles. The summed E-state index contributed by atoms with van der Waals surface area (Å²) < 4.78 is 0. The van der Waals surface area contributed by atoms with E-state index in [1.54, 1.807) is 24.3 Å². The van der Waals surface area contributed by atoms with Crippen molar-refractivity contribution < 1.29 is 9.90 Å². The molecule has 0 fully saturated rings. The van der Waals surface area contributed by atoms with Crippen molar-refractivity contribution in [3.8, 4) is 0 Å². The number of aromatic nitrogens is 2. The topological polar surface area (TPSA) is 109 Å². The maximum absolute atomic E-state index is 11.8. The van der Waals surface area contributed by atoms with Gasteiger partial charge in [0.25, 0.3) is 5.56 Å². The zero-order chi connectivity index (χ0) is 15.7. The summed E-state index contributed by atoms with van der Waals surface area (Å²) >= 11 is 1.45. The van der Waals surface area contributed by atoms with Gasteiger partial charge in [-0.2, -0.15) is 0 Å². The van der Waals surface area contributed by atoms with Crippen LogP contribution in [0, 0.1) is 0 Å². The molecule has 3 rings (SSSR count). The standard InChI is InChI=1S/C15H13N3O3S/c16-15-17-12(19)11-7-10(22-13(11)18-15)6-3-8-1-4-9(5-2-8)14(20)21/h1-2,4-5,7H,3,6H2,(H,20,21)(H3,16,17,18,19). The summed E-state index contributed by atoms with van der Waals surface area (Å²) in [5.74, 6) is -0.811. The second-order valence-electron chi connectivity index (χ2n) is 4.88. The number of fused-ring (bicyclic) bond motifs is 1.